The van der Waals surface area contributed by atoms with Crippen LogP contribution in [0.2, 0.25) is 0 Å². The molecule has 0 unspecified atom stereocenters. The number of benzene rings is 1. The van der Waals surface area contributed by atoms with Gasteiger partial charge in [0.25, 0.3) is 5.56 Å². The Kier molecular flexibility index (Phi) is 4.59. The molecule has 1 aliphatic rings. The lowest BCUT2D eigenvalue weighted by molar-refractivity contribution is -0.132. The minimum absolute atomic E-state index is 0.0340. The van der Waals surface area contributed by atoms with Gasteiger partial charge in [-0.25, -0.2) is 4.98 Å². The highest BCUT2D eigenvalue weighted by Crippen LogP contribution is 2.11. The SMILES string of the molecule is Cc1cccc2c(=O)n(CC(=O)NCC(=O)N3CCCC3)cnc12. The first-order chi connectivity index (χ1) is 11.6. The summed E-state index contributed by atoms with van der Waals surface area (Å²) in [5.41, 5.74) is 1.30. The topological polar surface area (TPSA) is 84.3 Å². The minimum Gasteiger partial charge on any atom is -0.345 e. The first kappa shape index (κ1) is 16.2. The van der Waals surface area contributed by atoms with Gasteiger partial charge in [0.1, 0.15) is 6.54 Å². The Morgan fingerprint density at radius 3 is 2.75 bits per heavy atom. The molecule has 0 bridgehead atoms. The van der Waals surface area contributed by atoms with E-state index in [1.807, 2.05) is 13.0 Å². The Labute approximate surface area is 139 Å². The fourth-order valence-electron chi connectivity index (χ4n) is 2.91. The molecule has 1 aromatic carbocycles. The standard InChI is InChI=1S/C17H20N4O3/c1-12-5-4-6-13-16(12)19-11-21(17(13)24)10-14(22)18-9-15(23)20-7-2-3-8-20/h4-6,11H,2-3,7-10H2,1H3,(H,18,22). The Bertz CT molecular complexity index is 837. The van der Waals surface area contributed by atoms with Crippen molar-refractivity contribution in [3.63, 3.8) is 0 Å². The molecule has 126 valence electrons. The highest BCUT2D eigenvalue weighted by atomic mass is 16.2. The number of para-hydroxylation sites is 1. The van der Waals surface area contributed by atoms with Crippen LogP contribution in [0.25, 0.3) is 10.9 Å². The fraction of sp³-hybridized carbons (Fsp3) is 0.412. The molecule has 0 atom stereocenters. The summed E-state index contributed by atoms with van der Waals surface area (Å²) in [6, 6.07) is 5.37. The van der Waals surface area contributed by atoms with Crippen LogP contribution in [-0.2, 0) is 16.1 Å². The normalized spacial score (nSPS) is 14.1. The number of hydrogen-bond donors (Lipinski definition) is 1. The van der Waals surface area contributed by atoms with Crippen LogP contribution in [0.1, 0.15) is 18.4 Å². The van der Waals surface area contributed by atoms with Crippen LogP contribution in [0.3, 0.4) is 0 Å². The summed E-state index contributed by atoms with van der Waals surface area (Å²) in [4.78, 5) is 42.4. The lowest BCUT2D eigenvalue weighted by atomic mass is 10.1. The van der Waals surface area contributed by atoms with Gasteiger partial charge in [-0.05, 0) is 31.4 Å². The molecule has 1 fully saturated rings. The summed E-state index contributed by atoms with van der Waals surface area (Å²) in [7, 11) is 0. The summed E-state index contributed by atoms with van der Waals surface area (Å²) in [6.07, 6.45) is 3.40. The Hall–Kier alpha value is -2.70. The van der Waals surface area contributed by atoms with E-state index >= 15 is 0 Å². The monoisotopic (exact) mass is 328 g/mol. The van der Waals surface area contributed by atoms with Gasteiger partial charge >= 0.3 is 0 Å². The molecule has 1 aromatic heterocycles. The summed E-state index contributed by atoms with van der Waals surface area (Å²) in [5.74, 6) is -0.459. The van der Waals surface area contributed by atoms with Crippen molar-refractivity contribution in [3.05, 3.63) is 40.4 Å². The number of nitrogens with zero attached hydrogens (tertiary/aromatic N) is 3. The van der Waals surface area contributed by atoms with Crippen molar-refractivity contribution in [2.75, 3.05) is 19.6 Å². The van der Waals surface area contributed by atoms with Crippen LogP contribution < -0.4 is 10.9 Å². The number of hydrogen-bond acceptors (Lipinski definition) is 4. The summed E-state index contributed by atoms with van der Waals surface area (Å²) >= 11 is 0. The van der Waals surface area contributed by atoms with Crippen molar-refractivity contribution in [1.29, 1.82) is 0 Å². The molecule has 2 amide bonds. The molecule has 7 heteroatoms. The molecule has 1 aliphatic heterocycles. The number of fused-ring (bicyclic) bond motifs is 1. The smallest absolute Gasteiger partial charge is 0.261 e. The molecule has 3 rings (SSSR count). The van der Waals surface area contributed by atoms with E-state index < -0.39 is 0 Å². The van der Waals surface area contributed by atoms with Crippen molar-refractivity contribution in [1.82, 2.24) is 19.8 Å². The fourth-order valence-corrected chi connectivity index (χ4v) is 2.91. The quantitative estimate of drug-likeness (QED) is 0.883. The number of aromatic nitrogens is 2. The average molecular weight is 328 g/mol. The van der Waals surface area contributed by atoms with E-state index in [0.717, 1.165) is 31.5 Å². The molecule has 1 N–H and O–H groups in total. The molecule has 2 aromatic rings. The van der Waals surface area contributed by atoms with Crippen LogP contribution in [0.4, 0.5) is 0 Å². The van der Waals surface area contributed by atoms with E-state index in [4.69, 9.17) is 0 Å². The van der Waals surface area contributed by atoms with Gasteiger partial charge in [-0.3, -0.25) is 19.0 Å². The number of rotatable bonds is 4. The number of amides is 2. The van der Waals surface area contributed by atoms with Crippen LogP contribution >= 0.6 is 0 Å². The summed E-state index contributed by atoms with van der Waals surface area (Å²) in [5, 5.41) is 3.06. The summed E-state index contributed by atoms with van der Waals surface area (Å²) in [6.45, 7) is 3.21. The maximum atomic E-state index is 12.4. The molecule has 0 spiro atoms. The van der Waals surface area contributed by atoms with E-state index in [-0.39, 0.29) is 30.5 Å². The maximum Gasteiger partial charge on any atom is 0.261 e. The third-order valence-electron chi connectivity index (χ3n) is 4.26. The van der Waals surface area contributed by atoms with Crippen molar-refractivity contribution in [2.45, 2.75) is 26.3 Å². The van der Waals surface area contributed by atoms with Crippen molar-refractivity contribution in [2.24, 2.45) is 0 Å². The molecule has 24 heavy (non-hydrogen) atoms. The highest BCUT2D eigenvalue weighted by Gasteiger charge is 2.18. The van der Waals surface area contributed by atoms with Crippen LogP contribution in [-0.4, -0.2) is 45.9 Å². The van der Waals surface area contributed by atoms with E-state index in [0.29, 0.717) is 10.9 Å². The first-order valence-corrected chi connectivity index (χ1v) is 8.05. The second kappa shape index (κ2) is 6.82. The van der Waals surface area contributed by atoms with Gasteiger partial charge in [-0.2, -0.15) is 0 Å². The molecule has 0 radical (unpaired) electrons. The molecule has 0 saturated carbocycles. The third kappa shape index (κ3) is 3.29. The van der Waals surface area contributed by atoms with Gasteiger partial charge < -0.3 is 10.2 Å². The summed E-state index contributed by atoms with van der Waals surface area (Å²) < 4.78 is 1.26. The Morgan fingerprint density at radius 2 is 2.00 bits per heavy atom. The number of carbonyl (C=O) groups is 2. The zero-order chi connectivity index (χ0) is 17.1. The highest BCUT2D eigenvalue weighted by molar-refractivity contribution is 5.85. The zero-order valence-corrected chi connectivity index (χ0v) is 13.6. The van der Waals surface area contributed by atoms with Gasteiger partial charge in [-0.1, -0.05) is 12.1 Å². The second-order valence-corrected chi connectivity index (χ2v) is 6.01. The molecule has 0 aliphatic carbocycles. The lowest BCUT2D eigenvalue weighted by Gasteiger charge is -2.15. The predicted molar refractivity (Wildman–Crippen MR) is 89.6 cm³/mol. The van der Waals surface area contributed by atoms with Crippen LogP contribution in [0.5, 0.6) is 0 Å². The van der Waals surface area contributed by atoms with Crippen molar-refractivity contribution < 1.29 is 9.59 Å². The molecular weight excluding hydrogens is 308 g/mol. The molecule has 1 saturated heterocycles. The lowest BCUT2D eigenvalue weighted by Crippen LogP contribution is -2.40. The molecular formula is C17H20N4O3. The van der Waals surface area contributed by atoms with E-state index in [2.05, 4.69) is 10.3 Å². The van der Waals surface area contributed by atoms with Gasteiger partial charge in [0.05, 0.1) is 23.8 Å². The molecule has 2 heterocycles. The second-order valence-electron chi connectivity index (χ2n) is 6.01. The average Bonchev–Trinajstić information content (AvgIpc) is 3.10. The van der Waals surface area contributed by atoms with E-state index in [1.165, 1.54) is 10.9 Å². The van der Waals surface area contributed by atoms with Crippen LogP contribution in [0, 0.1) is 6.92 Å². The Morgan fingerprint density at radius 1 is 1.25 bits per heavy atom. The molecule has 7 nitrogen and oxygen atoms in total. The third-order valence-corrected chi connectivity index (χ3v) is 4.26. The largest absolute Gasteiger partial charge is 0.345 e. The van der Waals surface area contributed by atoms with Gasteiger partial charge in [0.15, 0.2) is 0 Å². The van der Waals surface area contributed by atoms with Crippen molar-refractivity contribution >= 4 is 22.7 Å². The predicted octanol–water partition coefficient (Wildman–Crippen LogP) is 0.444. The number of likely N-dealkylation sites (tertiary alicyclic amines) is 1. The van der Waals surface area contributed by atoms with Crippen molar-refractivity contribution in [3.8, 4) is 0 Å². The van der Waals surface area contributed by atoms with Crippen LogP contribution in [0.15, 0.2) is 29.3 Å². The van der Waals surface area contributed by atoms with E-state index in [1.54, 1.807) is 17.0 Å². The zero-order valence-electron chi connectivity index (χ0n) is 13.6. The maximum absolute atomic E-state index is 12.4. The first-order valence-electron chi connectivity index (χ1n) is 8.05. The number of aryl methyl sites for hydroxylation is 1. The number of nitrogens with one attached hydrogen (secondary N) is 1. The Balaban J connectivity index is 1.66. The number of carbonyl (C=O) groups excluding carboxylic acids is 2. The van der Waals surface area contributed by atoms with Gasteiger partial charge in [0, 0.05) is 13.1 Å². The van der Waals surface area contributed by atoms with E-state index in [9.17, 15) is 14.4 Å². The van der Waals surface area contributed by atoms with Gasteiger partial charge in [0.2, 0.25) is 11.8 Å². The van der Waals surface area contributed by atoms with Gasteiger partial charge in [-0.15, -0.1) is 0 Å². The minimum atomic E-state index is -0.376.